The molecule has 2 aromatic rings. The van der Waals surface area contributed by atoms with Crippen LogP contribution in [0.5, 0.6) is 0 Å². The van der Waals surface area contributed by atoms with E-state index in [1.54, 1.807) is 27.9 Å². The quantitative estimate of drug-likeness (QED) is 0.857. The zero-order chi connectivity index (χ0) is 13.8. The summed E-state index contributed by atoms with van der Waals surface area (Å²) in [6.07, 6.45) is 0. The minimum absolute atomic E-state index is 0.0967. The van der Waals surface area contributed by atoms with Crippen LogP contribution in [0.4, 0.5) is 4.39 Å². The van der Waals surface area contributed by atoms with Crippen molar-refractivity contribution in [3.05, 3.63) is 52.2 Å². The number of rotatable bonds is 4. The lowest BCUT2D eigenvalue weighted by molar-refractivity contribution is 0.0697. The van der Waals surface area contributed by atoms with Crippen LogP contribution in [-0.4, -0.2) is 22.3 Å². The van der Waals surface area contributed by atoms with Crippen LogP contribution in [0.25, 0.3) is 0 Å². The van der Waals surface area contributed by atoms with Crippen molar-refractivity contribution in [1.82, 2.24) is 9.88 Å². The first kappa shape index (κ1) is 13.7. The van der Waals surface area contributed by atoms with Gasteiger partial charge < -0.3 is 4.90 Å². The van der Waals surface area contributed by atoms with Gasteiger partial charge >= 0.3 is 0 Å². The van der Waals surface area contributed by atoms with E-state index in [-0.39, 0.29) is 17.8 Å². The molecule has 3 nitrogen and oxygen atoms in total. The van der Waals surface area contributed by atoms with Crippen molar-refractivity contribution in [3.63, 3.8) is 0 Å². The largest absolute Gasteiger partial charge is 0.331 e. The van der Waals surface area contributed by atoms with E-state index in [4.69, 9.17) is 0 Å². The summed E-state index contributed by atoms with van der Waals surface area (Å²) in [6, 6.07) is 6.12. The second-order valence-corrected chi connectivity index (χ2v) is 4.91. The van der Waals surface area contributed by atoms with Crippen LogP contribution in [0.15, 0.2) is 35.2 Å². The molecule has 0 bridgehead atoms. The van der Waals surface area contributed by atoms with Crippen LogP contribution in [0.2, 0.25) is 0 Å². The van der Waals surface area contributed by atoms with Crippen molar-refractivity contribution < 1.29 is 9.18 Å². The van der Waals surface area contributed by atoms with Crippen LogP contribution < -0.4 is 0 Å². The van der Waals surface area contributed by atoms with E-state index in [2.05, 4.69) is 4.98 Å². The minimum atomic E-state index is -0.273. The van der Waals surface area contributed by atoms with Crippen molar-refractivity contribution in [1.29, 1.82) is 0 Å². The lowest BCUT2D eigenvalue weighted by Crippen LogP contribution is -2.33. The van der Waals surface area contributed by atoms with Gasteiger partial charge in [0.05, 0.1) is 11.6 Å². The molecule has 0 aliphatic rings. The van der Waals surface area contributed by atoms with Crippen molar-refractivity contribution in [2.75, 3.05) is 6.54 Å². The molecular formula is C14H15FN2OS. The fourth-order valence-corrected chi connectivity index (χ4v) is 2.51. The Morgan fingerprint density at radius 2 is 2.11 bits per heavy atom. The number of thiazole rings is 1. The minimum Gasteiger partial charge on any atom is -0.331 e. The molecule has 1 unspecified atom stereocenters. The monoisotopic (exact) mass is 278 g/mol. The second-order valence-electron chi connectivity index (χ2n) is 4.19. The molecule has 0 aliphatic carbocycles. The number of halogens is 1. The van der Waals surface area contributed by atoms with Gasteiger partial charge in [-0.25, -0.2) is 9.37 Å². The normalized spacial score (nSPS) is 12.2. The number of aromatic nitrogens is 1. The molecule has 100 valence electrons. The molecule has 0 saturated heterocycles. The zero-order valence-electron chi connectivity index (χ0n) is 10.8. The van der Waals surface area contributed by atoms with Gasteiger partial charge in [0.25, 0.3) is 5.91 Å². The summed E-state index contributed by atoms with van der Waals surface area (Å²) >= 11 is 1.40. The summed E-state index contributed by atoms with van der Waals surface area (Å²) < 4.78 is 12.9. The highest BCUT2D eigenvalue weighted by atomic mass is 32.1. The number of amides is 1. The van der Waals surface area contributed by atoms with Crippen molar-refractivity contribution in [2.24, 2.45) is 0 Å². The van der Waals surface area contributed by atoms with Gasteiger partial charge in [0.2, 0.25) is 0 Å². The maximum atomic E-state index is 12.9. The van der Waals surface area contributed by atoms with Crippen LogP contribution in [-0.2, 0) is 0 Å². The topological polar surface area (TPSA) is 33.2 Å². The van der Waals surface area contributed by atoms with Crippen molar-refractivity contribution in [2.45, 2.75) is 19.9 Å². The van der Waals surface area contributed by atoms with Crippen LogP contribution in [0.1, 0.15) is 35.9 Å². The Labute approximate surface area is 115 Å². The molecule has 1 atom stereocenters. The predicted octanol–water partition coefficient (Wildman–Crippen LogP) is 3.51. The third kappa shape index (κ3) is 2.98. The van der Waals surface area contributed by atoms with Crippen molar-refractivity contribution in [3.8, 4) is 0 Å². The molecule has 2 rings (SSSR count). The maximum absolute atomic E-state index is 12.9. The van der Waals surface area contributed by atoms with Gasteiger partial charge in [-0.3, -0.25) is 4.79 Å². The first-order valence-electron chi connectivity index (χ1n) is 6.08. The fraction of sp³-hybridized carbons (Fsp3) is 0.286. The number of carbonyl (C=O) groups is 1. The Morgan fingerprint density at radius 3 is 2.63 bits per heavy atom. The van der Waals surface area contributed by atoms with Gasteiger partial charge in [0, 0.05) is 11.9 Å². The van der Waals surface area contributed by atoms with Gasteiger partial charge in [-0.2, -0.15) is 0 Å². The lowest BCUT2D eigenvalue weighted by Gasteiger charge is -2.27. The number of hydrogen-bond acceptors (Lipinski definition) is 3. The molecule has 0 N–H and O–H groups in total. The summed E-state index contributed by atoms with van der Waals surface area (Å²) in [7, 11) is 0. The van der Waals surface area contributed by atoms with Crippen LogP contribution >= 0.6 is 11.3 Å². The standard InChI is InChI=1S/C14H15FN2OS/c1-3-17(14(18)13-8-19-9-16-13)10(2)11-4-6-12(15)7-5-11/h4-10H,3H2,1-2H3. The van der Waals surface area contributed by atoms with Gasteiger partial charge in [-0.05, 0) is 31.5 Å². The van der Waals surface area contributed by atoms with Crippen molar-refractivity contribution >= 4 is 17.2 Å². The fourth-order valence-electron chi connectivity index (χ4n) is 1.98. The Balaban J connectivity index is 2.22. The van der Waals surface area contributed by atoms with E-state index in [1.807, 2.05) is 13.8 Å². The van der Waals surface area contributed by atoms with Crippen LogP contribution in [0, 0.1) is 5.82 Å². The molecular weight excluding hydrogens is 263 g/mol. The van der Waals surface area contributed by atoms with E-state index in [1.165, 1.54) is 23.5 Å². The van der Waals surface area contributed by atoms with E-state index >= 15 is 0 Å². The van der Waals surface area contributed by atoms with Gasteiger partial charge in [-0.15, -0.1) is 11.3 Å². The molecule has 0 aliphatic heterocycles. The summed E-state index contributed by atoms with van der Waals surface area (Å²) in [5.74, 6) is -0.370. The molecule has 0 spiro atoms. The SMILES string of the molecule is CCN(C(=O)c1cscn1)C(C)c1ccc(F)cc1. The predicted molar refractivity (Wildman–Crippen MR) is 73.6 cm³/mol. The number of hydrogen-bond donors (Lipinski definition) is 0. The molecule has 1 heterocycles. The Bertz CT molecular complexity index is 539. The molecule has 19 heavy (non-hydrogen) atoms. The molecule has 1 aromatic carbocycles. The molecule has 0 radical (unpaired) electrons. The molecule has 5 heteroatoms. The highest BCUT2D eigenvalue weighted by Crippen LogP contribution is 2.22. The Kier molecular flexibility index (Phi) is 4.27. The van der Waals surface area contributed by atoms with E-state index < -0.39 is 0 Å². The summed E-state index contributed by atoms with van der Waals surface area (Å²) in [5, 5.41) is 1.74. The Morgan fingerprint density at radius 1 is 1.42 bits per heavy atom. The van der Waals surface area contributed by atoms with Crippen LogP contribution in [0.3, 0.4) is 0 Å². The molecule has 0 saturated carbocycles. The van der Waals surface area contributed by atoms with E-state index in [0.29, 0.717) is 12.2 Å². The number of carbonyl (C=O) groups excluding carboxylic acids is 1. The maximum Gasteiger partial charge on any atom is 0.273 e. The second kappa shape index (κ2) is 5.93. The van der Waals surface area contributed by atoms with Gasteiger partial charge in [0.1, 0.15) is 11.5 Å². The summed E-state index contributed by atoms with van der Waals surface area (Å²) in [6.45, 7) is 4.43. The number of nitrogens with zero attached hydrogens (tertiary/aromatic N) is 2. The zero-order valence-corrected chi connectivity index (χ0v) is 11.7. The van der Waals surface area contributed by atoms with Gasteiger partial charge in [-0.1, -0.05) is 12.1 Å². The molecule has 1 aromatic heterocycles. The average molecular weight is 278 g/mol. The highest BCUT2D eigenvalue weighted by Gasteiger charge is 2.22. The molecule has 1 amide bonds. The van der Waals surface area contributed by atoms with Gasteiger partial charge in [0.15, 0.2) is 0 Å². The third-order valence-corrected chi connectivity index (χ3v) is 3.66. The summed E-state index contributed by atoms with van der Waals surface area (Å²) in [5.41, 5.74) is 3.01. The average Bonchev–Trinajstić information content (AvgIpc) is 2.94. The Hall–Kier alpha value is -1.75. The smallest absolute Gasteiger partial charge is 0.273 e. The van der Waals surface area contributed by atoms with E-state index in [9.17, 15) is 9.18 Å². The molecule has 0 fully saturated rings. The summed E-state index contributed by atoms with van der Waals surface area (Å²) in [4.78, 5) is 18.1. The number of benzene rings is 1. The highest BCUT2D eigenvalue weighted by molar-refractivity contribution is 7.07. The lowest BCUT2D eigenvalue weighted by atomic mass is 10.1. The first-order valence-corrected chi connectivity index (χ1v) is 7.02. The third-order valence-electron chi connectivity index (χ3n) is 3.07. The first-order chi connectivity index (χ1) is 9.13. The van der Waals surface area contributed by atoms with E-state index in [0.717, 1.165) is 5.56 Å².